The predicted molar refractivity (Wildman–Crippen MR) is 34.7 cm³/mol. The van der Waals surface area contributed by atoms with Gasteiger partial charge in [-0.2, -0.15) is 0 Å². The summed E-state index contributed by atoms with van der Waals surface area (Å²) >= 11 is 0.121. The molecule has 0 aliphatic carbocycles. The van der Waals surface area contributed by atoms with E-state index >= 15 is 0 Å². The van der Waals surface area contributed by atoms with Gasteiger partial charge in [0, 0.05) is 0 Å². The van der Waals surface area contributed by atoms with Crippen LogP contribution in [0.3, 0.4) is 0 Å². The van der Waals surface area contributed by atoms with Gasteiger partial charge in [0.15, 0.2) is 0 Å². The fourth-order valence-electron chi connectivity index (χ4n) is 0.446. The molecular weight excluding hydrogens is 193 g/mol. The number of unbranched alkanes of at least 4 members (excludes halogenated alkanes) is 1. The molecule has 0 saturated carbocycles. The van der Waals surface area contributed by atoms with Crippen LogP contribution in [0.15, 0.2) is 0 Å². The summed E-state index contributed by atoms with van der Waals surface area (Å²) in [5, 5.41) is 0. The van der Waals surface area contributed by atoms with Crippen molar-refractivity contribution in [1.82, 2.24) is 0 Å². The summed E-state index contributed by atoms with van der Waals surface area (Å²) in [6.07, 6.45) is 2.63. The minimum absolute atomic E-state index is 0.121. The van der Waals surface area contributed by atoms with Gasteiger partial charge in [-0.1, -0.05) is 0 Å². The molecule has 0 aliphatic rings. The molecule has 0 spiro atoms. The van der Waals surface area contributed by atoms with Gasteiger partial charge in [0.1, 0.15) is 0 Å². The molecule has 0 saturated heterocycles. The van der Waals surface area contributed by atoms with Crippen LogP contribution in [0.1, 0.15) is 12.8 Å². The number of rotatable bonds is 4. The summed E-state index contributed by atoms with van der Waals surface area (Å²) in [5.74, 6) is 0. The number of hydrogen-bond acceptors (Lipinski definition) is 1. The molecule has 2 heteroatoms. The average Bonchev–Trinajstić information content (AvgIpc) is 1.69. The molecule has 7 heavy (non-hydrogen) atoms. The Hall–Kier alpha value is 0.759. The van der Waals surface area contributed by atoms with Gasteiger partial charge in [0.05, 0.1) is 0 Å². The van der Waals surface area contributed by atoms with Crippen molar-refractivity contribution in [3.63, 3.8) is 0 Å². The van der Waals surface area contributed by atoms with Crippen LogP contribution >= 0.6 is 0 Å². The normalized spacial score (nSPS) is 9.43. The zero-order valence-electron chi connectivity index (χ0n) is 4.91. The SMILES string of the molecule is [CH3][Sn][CH2]CCCN. The van der Waals surface area contributed by atoms with Crippen LogP contribution in [0.5, 0.6) is 0 Å². The van der Waals surface area contributed by atoms with E-state index in [1.807, 2.05) is 0 Å². The first-order valence-electron chi connectivity index (χ1n) is 2.76. The molecule has 0 heterocycles. The van der Waals surface area contributed by atoms with Crippen LogP contribution in [0.2, 0.25) is 9.38 Å². The molecule has 0 aliphatic heterocycles. The van der Waals surface area contributed by atoms with Gasteiger partial charge in [-0.05, 0) is 0 Å². The Balaban J connectivity index is 2.45. The predicted octanol–water partition coefficient (Wildman–Crippen LogP) is 0.896. The van der Waals surface area contributed by atoms with Crippen molar-refractivity contribution in [3.05, 3.63) is 0 Å². The maximum absolute atomic E-state index is 5.29. The molecule has 0 rings (SSSR count). The fourth-order valence-corrected chi connectivity index (χ4v) is 2.17. The van der Waals surface area contributed by atoms with Crippen molar-refractivity contribution in [3.8, 4) is 0 Å². The van der Waals surface area contributed by atoms with Gasteiger partial charge in [-0.15, -0.1) is 0 Å². The van der Waals surface area contributed by atoms with Crippen LogP contribution in [-0.2, 0) is 0 Å². The third-order valence-corrected chi connectivity index (χ3v) is 3.32. The van der Waals surface area contributed by atoms with E-state index in [-0.39, 0.29) is 21.1 Å². The minimum atomic E-state index is 0.121. The summed E-state index contributed by atoms with van der Waals surface area (Å²) in [7, 11) is 0. The second-order valence-corrected chi connectivity index (χ2v) is 5.04. The van der Waals surface area contributed by atoms with Gasteiger partial charge in [-0.3, -0.25) is 0 Å². The monoisotopic (exact) mass is 207 g/mol. The quantitative estimate of drug-likeness (QED) is 0.536. The molecule has 42 valence electrons. The van der Waals surface area contributed by atoms with Gasteiger partial charge >= 0.3 is 55.6 Å². The van der Waals surface area contributed by atoms with Crippen molar-refractivity contribution in [2.75, 3.05) is 6.54 Å². The van der Waals surface area contributed by atoms with Crippen molar-refractivity contribution in [1.29, 1.82) is 0 Å². The van der Waals surface area contributed by atoms with Crippen LogP contribution in [0, 0.1) is 0 Å². The zero-order chi connectivity index (χ0) is 5.54. The summed E-state index contributed by atoms with van der Waals surface area (Å²) in [6, 6.07) is 0. The first-order valence-corrected chi connectivity index (χ1v) is 7.63. The van der Waals surface area contributed by atoms with Crippen molar-refractivity contribution in [2.24, 2.45) is 5.73 Å². The summed E-state index contributed by atoms with van der Waals surface area (Å²) in [6.45, 7) is 0.888. The van der Waals surface area contributed by atoms with E-state index in [1.165, 1.54) is 17.3 Å². The second kappa shape index (κ2) is 6.76. The summed E-state index contributed by atoms with van der Waals surface area (Å²) in [4.78, 5) is 2.37. The average molecular weight is 206 g/mol. The fraction of sp³-hybridized carbons (Fsp3) is 1.00. The Kier molecular flexibility index (Phi) is 7.49. The molecule has 1 nitrogen and oxygen atoms in total. The summed E-state index contributed by atoms with van der Waals surface area (Å²) in [5.41, 5.74) is 5.29. The zero-order valence-corrected chi connectivity index (χ0v) is 7.76. The molecule has 0 aromatic carbocycles. The molecule has 0 atom stereocenters. The second-order valence-electron chi connectivity index (χ2n) is 1.60. The van der Waals surface area contributed by atoms with Gasteiger partial charge in [0.25, 0.3) is 0 Å². The van der Waals surface area contributed by atoms with E-state index in [9.17, 15) is 0 Å². The van der Waals surface area contributed by atoms with Crippen LogP contribution < -0.4 is 5.73 Å². The Morgan fingerprint density at radius 2 is 2.14 bits per heavy atom. The van der Waals surface area contributed by atoms with Gasteiger partial charge < -0.3 is 0 Å². The van der Waals surface area contributed by atoms with E-state index in [0.29, 0.717) is 0 Å². The Labute approximate surface area is 55.9 Å². The van der Waals surface area contributed by atoms with Gasteiger partial charge in [0.2, 0.25) is 0 Å². The molecule has 0 aromatic rings. The topological polar surface area (TPSA) is 26.0 Å². The Morgan fingerprint density at radius 1 is 1.43 bits per heavy atom. The third kappa shape index (κ3) is 6.76. The van der Waals surface area contributed by atoms with Crippen LogP contribution in [0.4, 0.5) is 0 Å². The molecule has 2 radical (unpaired) electrons. The third-order valence-electron chi connectivity index (χ3n) is 0.881. The molecule has 0 unspecified atom stereocenters. The molecule has 0 fully saturated rings. The number of nitrogens with two attached hydrogens (primary N) is 1. The molecule has 0 bridgehead atoms. The van der Waals surface area contributed by atoms with Crippen LogP contribution in [-0.4, -0.2) is 27.7 Å². The van der Waals surface area contributed by atoms with Crippen LogP contribution in [0.25, 0.3) is 0 Å². The van der Waals surface area contributed by atoms with E-state index in [2.05, 4.69) is 4.94 Å². The molecular formula is C5H13NSn. The van der Waals surface area contributed by atoms with Crippen molar-refractivity contribution < 1.29 is 0 Å². The summed E-state index contributed by atoms with van der Waals surface area (Å²) < 4.78 is 1.51. The van der Waals surface area contributed by atoms with Gasteiger partial charge in [-0.25, -0.2) is 0 Å². The Bertz CT molecular complexity index is 27.3. The van der Waals surface area contributed by atoms with E-state index in [0.717, 1.165) is 6.54 Å². The van der Waals surface area contributed by atoms with E-state index in [1.54, 1.807) is 0 Å². The maximum atomic E-state index is 5.29. The van der Waals surface area contributed by atoms with Crippen molar-refractivity contribution in [2.45, 2.75) is 22.2 Å². The first-order chi connectivity index (χ1) is 3.41. The van der Waals surface area contributed by atoms with E-state index in [4.69, 9.17) is 5.73 Å². The number of hydrogen-bond donors (Lipinski definition) is 1. The molecule has 0 amide bonds. The Morgan fingerprint density at radius 3 is 2.57 bits per heavy atom. The van der Waals surface area contributed by atoms with Crippen molar-refractivity contribution >= 4 is 21.1 Å². The molecule has 0 aromatic heterocycles. The first kappa shape index (κ1) is 7.76. The standard InChI is InChI=1S/C4H10N.CH3.Sn/c1-2-3-4-5;;/h1-5H2;1H3;. The molecule has 2 N–H and O–H groups in total. The van der Waals surface area contributed by atoms with E-state index < -0.39 is 0 Å².